The summed E-state index contributed by atoms with van der Waals surface area (Å²) < 4.78 is 8.23. The maximum absolute atomic E-state index is 12.4. The number of aryl methyl sites for hydroxylation is 3. The molecule has 1 N–H and O–H groups in total. The third-order valence-electron chi connectivity index (χ3n) is 5.46. The lowest BCUT2D eigenvalue weighted by Gasteiger charge is -2.12. The van der Waals surface area contributed by atoms with E-state index < -0.39 is 0 Å². The van der Waals surface area contributed by atoms with E-state index in [4.69, 9.17) is 9.72 Å². The van der Waals surface area contributed by atoms with E-state index >= 15 is 0 Å². The number of hydrogen-bond donors (Lipinski definition) is 1. The molecule has 4 aromatic rings. The molecule has 1 aromatic heterocycles. The average Bonchev–Trinajstić information content (AvgIpc) is 3.11. The molecule has 0 bridgehead atoms. The zero-order valence-corrected chi connectivity index (χ0v) is 18.9. The van der Waals surface area contributed by atoms with Crippen molar-refractivity contribution in [2.24, 2.45) is 0 Å². The molecule has 0 radical (unpaired) electrons. The molecule has 164 valence electrons. The number of benzene rings is 3. The Kier molecular flexibility index (Phi) is 6.55. The summed E-state index contributed by atoms with van der Waals surface area (Å²) in [5.74, 6) is 1.77. The summed E-state index contributed by atoms with van der Waals surface area (Å²) in [4.78, 5) is 17.2. The van der Waals surface area contributed by atoms with E-state index in [0.717, 1.165) is 28.2 Å². The van der Waals surface area contributed by atoms with Crippen molar-refractivity contribution in [2.45, 2.75) is 33.7 Å². The first-order valence-electron chi connectivity index (χ1n) is 11.0. The fraction of sp³-hybridized carbons (Fsp3) is 0.259. The van der Waals surface area contributed by atoms with E-state index in [2.05, 4.69) is 48.0 Å². The van der Waals surface area contributed by atoms with Crippen molar-refractivity contribution in [2.75, 3.05) is 13.2 Å². The predicted octanol–water partition coefficient (Wildman–Crippen LogP) is 5.01. The van der Waals surface area contributed by atoms with Gasteiger partial charge in [-0.3, -0.25) is 4.79 Å². The molecule has 0 atom stereocenters. The predicted molar refractivity (Wildman–Crippen MR) is 128 cm³/mol. The van der Waals surface area contributed by atoms with Gasteiger partial charge in [0.1, 0.15) is 18.2 Å². The zero-order chi connectivity index (χ0) is 22.5. The lowest BCUT2D eigenvalue weighted by atomic mass is 10.1. The second-order valence-corrected chi connectivity index (χ2v) is 8.21. The van der Waals surface area contributed by atoms with Gasteiger partial charge in [-0.1, -0.05) is 35.9 Å². The molecule has 4 rings (SSSR count). The van der Waals surface area contributed by atoms with Gasteiger partial charge in [-0.2, -0.15) is 0 Å². The Bertz CT molecular complexity index is 1210. The zero-order valence-electron chi connectivity index (χ0n) is 18.9. The minimum atomic E-state index is -0.0641. The van der Waals surface area contributed by atoms with Gasteiger partial charge < -0.3 is 14.6 Å². The summed E-state index contributed by atoms with van der Waals surface area (Å²) in [5.41, 5.74) is 6.23. The van der Waals surface area contributed by atoms with Gasteiger partial charge in [0.15, 0.2) is 0 Å². The number of carbonyl (C=O) groups is 1. The fourth-order valence-corrected chi connectivity index (χ4v) is 3.93. The maximum Gasteiger partial charge on any atom is 0.251 e. The maximum atomic E-state index is 12.4. The summed E-state index contributed by atoms with van der Waals surface area (Å²) in [7, 11) is 0. The van der Waals surface area contributed by atoms with Crippen LogP contribution in [0.25, 0.3) is 11.0 Å². The van der Waals surface area contributed by atoms with Crippen molar-refractivity contribution in [3.05, 3.63) is 94.8 Å². The summed E-state index contributed by atoms with van der Waals surface area (Å²) in [6.45, 7) is 7.92. The number of para-hydroxylation sites is 2. The van der Waals surface area contributed by atoms with Crippen LogP contribution in [0.3, 0.4) is 0 Å². The molecule has 0 aliphatic heterocycles. The fourth-order valence-electron chi connectivity index (χ4n) is 3.93. The molecule has 5 heteroatoms. The summed E-state index contributed by atoms with van der Waals surface area (Å²) in [6, 6.07) is 22.0. The first-order chi connectivity index (χ1) is 15.5. The molecule has 0 aliphatic rings. The van der Waals surface area contributed by atoms with Gasteiger partial charge in [0.25, 0.3) is 5.91 Å². The van der Waals surface area contributed by atoms with Crippen molar-refractivity contribution in [3.8, 4) is 5.75 Å². The Morgan fingerprint density at radius 2 is 1.66 bits per heavy atom. The molecule has 32 heavy (non-hydrogen) atoms. The normalized spacial score (nSPS) is 11.0. The number of rotatable bonds is 8. The molecule has 0 saturated carbocycles. The third kappa shape index (κ3) is 5.17. The summed E-state index contributed by atoms with van der Waals surface area (Å²) >= 11 is 0. The standard InChI is InChI=1S/C27H29N3O2/c1-19-8-10-22(11-9-19)27(31)28-13-12-26-29-24-6-4-5-7-25(24)30(26)14-15-32-23-17-20(2)16-21(3)18-23/h4-11,16-18H,12-15H2,1-3H3,(H,28,31). The first kappa shape index (κ1) is 21.6. The molecular weight excluding hydrogens is 398 g/mol. The second-order valence-electron chi connectivity index (χ2n) is 8.21. The lowest BCUT2D eigenvalue weighted by Crippen LogP contribution is -2.26. The molecule has 0 saturated heterocycles. The van der Waals surface area contributed by atoms with E-state index in [1.165, 1.54) is 11.1 Å². The molecule has 0 aliphatic carbocycles. The van der Waals surface area contributed by atoms with Crippen molar-refractivity contribution < 1.29 is 9.53 Å². The van der Waals surface area contributed by atoms with Crippen molar-refractivity contribution in [1.29, 1.82) is 0 Å². The Morgan fingerprint density at radius 3 is 2.41 bits per heavy atom. The van der Waals surface area contributed by atoms with E-state index in [0.29, 0.717) is 31.7 Å². The highest BCUT2D eigenvalue weighted by Gasteiger charge is 2.12. The van der Waals surface area contributed by atoms with Crippen LogP contribution in [0, 0.1) is 20.8 Å². The quantitative estimate of drug-likeness (QED) is 0.430. The van der Waals surface area contributed by atoms with Crippen LogP contribution < -0.4 is 10.1 Å². The molecule has 1 heterocycles. The van der Waals surface area contributed by atoms with E-state index in [-0.39, 0.29) is 5.91 Å². The smallest absolute Gasteiger partial charge is 0.251 e. The second kappa shape index (κ2) is 9.69. The highest BCUT2D eigenvalue weighted by Crippen LogP contribution is 2.19. The minimum absolute atomic E-state index is 0.0641. The van der Waals surface area contributed by atoms with E-state index in [1.54, 1.807) is 0 Å². The molecule has 0 spiro atoms. The largest absolute Gasteiger partial charge is 0.492 e. The van der Waals surface area contributed by atoms with Gasteiger partial charge in [0.05, 0.1) is 17.6 Å². The number of aromatic nitrogens is 2. The Morgan fingerprint density at radius 1 is 0.938 bits per heavy atom. The number of carbonyl (C=O) groups excluding carboxylic acids is 1. The van der Waals surface area contributed by atoms with Crippen molar-refractivity contribution in [1.82, 2.24) is 14.9 Å². The van der Waals surface area contributed by atoms with Crippen LogP contribution in [0.5, 0.6) is 5.75 Å². The monoisotopic (exact) mass is 427 g/mol. The van der Waals surface area contributed by atoms with E-state index in [1.807, 2.05) is 49.4 Å². The summed E-state index contributed by atoms with van der Waals surface area (Å²) in [5, 5.41) is 3.01. The number of hydrogen-bond acceptors (Lipinski definition) is 3. The highest BCUT2D eigenvalue weighted by atomic mass is 16.5. The first-order valence-corrected chi connectivity index (χ1v) is 11.0. The highest BCUT2D eigenvalue weighted by molar-refractivity contribution is 5.94. The number of imidazole rings is 1. The Hall–Kier alpha value is -3.60. The molecule has 3 aromatic carbocycles. The Labute approximate surface area is 189 Å². The van der Waals surface area contributed by atoms with Crippen molar-refractivity contribution in [3.63, 3.8) is 0 Å². The van der Waals surface area contributed by atoms with Crippen LogP contribution in [-0.4, -0.2) is 28.6 Å². The molecule has 0 unspecified atom stereocenters. The molecule has 0 fully saturated rings. The van der Waals surface area contributed by atoms with Gasteiger partial charge in [-0.25, -0.2) is 4.98 Å². The van der Waals surface area contributed by atoms with Gasteiger partial charge in [-0.15, -0.1) is 0 Å². The van der Waals surface area contributed by atoms with Gasteiger partial charge in [-0.05, 0) is 68.3 Å². The molecular formula is C27H29N3O2. The number of amides is 1. The SMILES string of the molecule is Cc1ccc(C(=O)NCCc2nc3ccccc3n2CCOc2cc(C)cc(C)c2)cc1. The average molecular weight is 428 g/mol. The van der Waals surface area contributed by atoms with Crippen LogP contribution in [-0.2, 0) is 13.0 Å². The third-order valence-corrected chi connectivity index (χ3v) is 5.46. The van der Waals surface area contributed by atoms with Crippen LogP contribution in [0.15, 0.2) is 66.7 Å². The number of nitrogens with one attached hydrogen (secondary N) is 1. The van der Waals surface area contributed by atoms with Gasteiger partial charge in [0, 0.05) is 18.5 Å². The topological polar surface area (TPSA) is 56.2 Å². The number of fused-ring (bicyclic) bond motifs is 1. The lowest BCUT2D eigenvalue weighted by molar-refractivity contribution is 0.0954. The van der Waals surface area contributed by atoms with Crippen LogP contribution in [0.1, 0.15) is 32.9 Å². The number of nitrogens with zero attached hydrogens (tertiary/aromatic N) is 2. The van der Waals surface area contributed by atoms with Crippen molar-refractivity contribution >= 4 is 16.9 Å². The molecule has 5 nitrogen and oxygen atoms in total. The van der Waals surface area contributed by atoms with Crippen LogP contribution in [0.4, 0.5) is 0 Å². The number of ether oxygens (including phenoxy) is 1. The van der Waals surface area contributed by atoms with Gasteiger partial charge >= 0.3 is 0 Å². The minimum Gasteiger partial charge on any atom is -0.492 e. The Balaban J connectivity index is 1.42. The van der Waals surface area contributed by atoms with Crippen LogP contribution in [0.2, 0.25) is 0 Å². The van der Waals surface area contributed by atoms with Crippen LogP contribution >= 0.6 is 0 Å². The van der Waals surface area contributed by atoms with Gasteiger partial charge in [0.2, 0.25) is 0 Å². The molecule has 1 amide bonds. The summed E-state index contributed by atoms with van der Waals surface area (Å²) in [6.07, 6.45) is 0.649. The van der Waals surface area contributed by atoms with E-state index in [9.17, 15) is 4.79 Å².